The lowest BCUT2D eigenvalue weighted by Gasteiger charge is -2.27. The summed E-state index contributed by atoms with van der Waals surface area (Å²) in [5.41, 5.74) is 1.47. The van der Waals surface area contributed by atoms with Gasteiger partial charge in [0, 0.05) is 11.9 Å². The quantitative estimate of drug-likeness (QED) is 0.907. The van der Waals surface area contributed by atoms with Crippen molar-refractivity contribution >= 4 is 16.7 Å². The summed E-state index contributed by atoms with van der Waals surface area (Å²) in [7, 11) is 0. The van der Waals surface area contributed by atoms with Gasteiger partial charge in [-0.15, -0.1) is 0 Å². The van der Waals surface area contributed by atoms with E-state index in [-0.39, 0.29) is 12.6 Å². The zero-order valence-electron chi connectivity index (χ0n) is 11.5. The molecule has 4 nitrogen and oxygen atoms in total. The minimum absolute atomic E-state index is 0.0516. The van der Waals surface area contributed by atoms with Gasteiger partial charge < -0.3 is 10.0 Å². The molecular weight excluding hydrogens is 250 g/mol. The van der Waals surface area contributed by atoms with E-state index in [0.29, 0.717) is 17.3 Å². The molecule has 0 bridgehead atoms. The van der Waals surface area contributed by atoms with Crippen LogP contribution >= 0.6 is 0 Å². The Labute approximate surface area is 118 Å². The van der Waals surface area contributed by atoms with Crippen LogP contribution in [-0.4, -0.2) is 29.3 Å². The number of pyridine rings is 1. The van der Waals surface area contributed by atoms with Gasteiger partial charge in [0.25, 0.3) is 0 Å². The van der Waals surface area contributed by atoms with E-state index in [1.54, 1.807) is 0 Å². The van der Waals surface area contributed by atoms with Crippen LogP contribution in [0, 0.1) is 17.2 Å². The van der Waals surface area contributed by atoms with Gasteiger partial charge in [0.2, 0.25) is 0 Å². The maximum absolute atomic E-state index is 9.59. The predicted molar refractivity (Wildman–Crippen MR) is 78.5 cm³/mol. The lowest BCUT2D eigenvalue weighted by Crippen LogP contribution is -2.36. The molecule has 0 aliphatic carbocycles. The van der Waals surface area contributed by atoms with E-state index in [9.17, 15) is 10.4 Å². The number of aliphatic hydroxyl groups is 1. The molecule has 1 aromatic heterocycles. The van der Waals surface area contributed by atoms with Crippen LogP contribution < -0.4 is 4.90 Å². The maximum Gasteiger partial charge on any atom is 0.147 e. The van der Waals surface area contributed by atoms with Crippen LogP contribution in [0.2, 0.25) is 0 Å². The molecule has 2 atom stereocenters. The van der Waals surface area contributed by atoms with Crippen molar-refractivity contribution in [2.75, 3.05) is 18.1 Å². The first-order chi connectivity index (χ1) is 9.74. The Kier molecular flexibility index (Phi) is 3.29. The molecule has 3 rings (SSSR count). The summed E-state index contributed by atoms with van der Waals surface area (Å²) in [6, 6.07) is 12.0. The van der Waals surface area contributed by atoms with E-state index in [2.05, 4.69) is 22.9 Å². The first-order valence-electron chi connectivity index (χ1n) is 6.92. The second-order valence-corrected chi connectivity index (χ2v) is 5.37. The van der Waals surface area contributed by atoms with Crippen LogP contribution in [0.3, 0.4) is 0 Å². The third-order valence-corrected chi connectivity index (χ3v) is 4.17. The number of rotatable bonds is 2. The van der Waals surface area contributed by atoms with Crippen molar-refractivity contribution in [3.8, 4) is 6.07 Å². The highest BCUT2D eigenvalue weighted by atomic mass is 16.3. The summed E-state index contributed by atoms with van der Waals surface area (Å²) in [6.07, 6.45) is 1.02. The molecule has 0 radical (unpaired) electrons. The molecule has 2 heterocycles. The van der Waals surface area contributed by atoms with Crippen LogP contribution in [0.15, 0.2) is 30.3 Å². The number of hydrogen-bond donors (Lipinski definition) is 1. The first-order valence-corrected chi connectivity index (χ1v) is 6.92. The third kappa shape index (κ3) is 2.00. The summed E-state index contributed by atoms with van der Waals surface area (Å²) in [4.78, 5) is 6.73. The van der Waals surface area contributed by atoms with Gasteiger partial charge in [-0.3, -0.25) is 0 Å². The lowest BCUT2D eigenvalue weighted by atomic mass is 10.0. The number of aromatic nitrogens is 1. The molecule has 2 unspecified atom stereocenters. The largest absolute Gasteiger partial charge is 0.394 e. The summed E-state index contributed by atoms with van der Waals surface area (Å²) >= 11 is 0. The second-order valence-electron chi connectivity index (χ2n) is 5.37. The van der Waals surface area contributed by atoms with Crippen molar-refractivity contribution in [2.24, 2.45) is 5.92 Å². The first kappa shape index (κ1) is 12.9. The molecule has 1 fully saturated rings. The van der Waals surface area contributed by atoms with Gasteiger partial charge in [-0.1, -0.05) is 25.1 Å². The van der Waals surface area contributed by atoms with Gasteiger partial charge >= 0.3 is 0 Å². The molecule has 4 heteroatoms. The van der Waals surface area contributed by atoms with Gasteiger partial charge in [-0.2, -0.15) is 5.26 Å². The zero-order chi connectivity index (χ0) is 14.1. The van der Waals surface area contributed by atoms with Crippen molar-refractivity contribution < 1.29 is 5.11 Å². The molecule has 1 aliphatic heterocycles. The van der Waals surface area contributed by atoms with Crippen LogP contribution in [0.1, 0.15) is 18.9 Å². The van der Waals surface area contributed by atoms with Gasteiger partial charge in [0.15, 0.2) is 0 Å². The summed E-state index contributed by atoms with van der Waals surface area (Å²) in [5, 5.41) is 19.9. The third-order valence-electron chi connectivity index (χ3n) is 4.17. The Morgan fingerprint density at radius 2 is 2.25 bits per heavy atom. The zero-order valence-corrected chi connectivity index (χ0v) is 11.5. The predicted octanol–water partition coefficient (Wildman–Crippen LogP) is 2.31. The monoisotopic (exact) mass is 267 g/mol. The number of hydrogen-bond acceptors (Lipinski definition) is 4. The Balaban J connectivity index is 2.13. The highest BCUT2D eigenvalue weighted by Gasteiger charge is 2.32. The number of nitrogens with zero attached hydrogens (tertiary/aromatic N) is 3. The van der Waals surface area contributed by atoms with Gasteiger partial charge in [0.1, 0.15) is 11.9 Å². The molecule has 0 saturated carbocycles. The van der Waals surface area contributed by atoms with Crippen LogP contribution in [0.4, 0.5) is 5.82 Å². The molecule has 0 spiro atoms. The second kappa shape index (κ2) is 5.10. The van der Waals surface area contributed by atoms with E-state index < -0.39 is 0 Å². The van der Waals surface area contributed by atoms with Gasteiger partial charge in [0.05, 0.1) is 23.7 Å². The molecule has 1 saturated heterocycles. The molecule has 1 N–H and O–H groups in total. The molecule has 1 aromatic carbocycles. The van der Waals surface area contributed by atoms with E-state index in [1.807, 2.05) is 30.3 Å². The smallest absolute Gasteiger partial charge is 0.147 e. The maximum atomic E-state index is 9.59. The number of aliphatic hydroxyl groups excluding tert-OH is 1. The van der Waals surface area contributed by atoms with Crippen molar-refractivity contribution in [3.63, 3.8) is 0 Å². The highest BCUT2D eigenvalue weighted by molar-refractivity contribution is 5.83. The minimum atomic E-state index is 0.0516. The van der Waals surface area contributed by atoms with Crippen LogP contribution in [-0.2, 0) is 0 Å². The lowest BCUT2D eigenvalue weighted by molar-refractivity contribution is 0.244. The average molecular weight is 267 g/mol. The number of para-hydroxylation sites is 1. The summed E-state index contributed by atoms with van der Waals surface area (Å²) < 4.78 is 0. The van der Waals surface area contributed by atoms with E-state index in [1.165, 1.54) is 0 Å². The topological polar surface area (TPSA) is 60.2 Å². The molecule has 2 aromatic rings. The van der Waals surface area contributed by atoms with Crippen molar-refractivity contribution in [2.45, 2.75) is 19.4 Å². The summed E-state index contributed by atoms with van der Waals surface area (Å²) in [5.74, 6) is 1.12. The fourth-order valence-corrected chi connectivity index (χ4v) is 2.96. The Morgan fingerprint density at radius 1 is 1.45 bits per heavy atom. The highest BCUT2D eigenvalue weighted by Crippen LogP contribution is 2.31. The average Bonchev–Trinajstić information content (AvgIpc) is 2.86. The Hall–Kier alpha value is -2.12. The number of anilines is 1. The van der Waals surface area contributed by atoms with E-state index in [4.69, 9.17) is 0 Å². The number of nitriles is 1. The van der Waals surface area contributed by atoms with Crippen molar-refractivity contribution in [3.05, 3.63) is 35.9 Å². The molecular formula is C16H17N3O. The number of benzene rings is 1. The Bertz CT molecular complexity index is 677. The van der Waals surface area contributed by atoms with Crippen molar-refractivity contribution in [1.82, 2.24) is 4.98 Å². The van der Waals surface area contributed by atoms with Gasteiger partial charge in [-0.05, 0) is 24.5 Å². The Morgan fingerprint density at radius 3 is 3.00 bits per heavy atom. The number of fused-ring (bicyclic) bond motifs is 1. The normalized spacial score (nSPS) is 22.1. The van der Waals surface area contributed by atoms with E-state index >= 15 is 0 Å². The molecule has 1 aliphatic rings. The molecule has 20 heavy (non-hydrogen) atoms. The van der Waals surface area contributed by atoms with E-state index in [0.717, 1.165) is 23.9 Å². The minimum Gasteiger partial charge on any atom is -0.394 e. The van der Waals surface area contributed by atoms with Gasteiger partial charge in [-0.25, -0.2) is 4.98 Å². The fourth-order valence-electron chi connectivity index (χ4n) is 2.96. The fraction of sp³-hybridized carbons (Fsp3) is 0.375. The standard InChI is InChI=1S/C16H17N3O/c1-11-6-7-19(15(11)10-20)16-13(9-17)8-12-4-2-3-5-14(12)18-16/h2-5,8,11,15,20H,6-7,10H2,1H3. The molecule has 102 valence electrons. The van der Waals surface area contributed by atoms with Crippen molar-refractivity contribution in [1.29, 1.82) is 5.26 Å². The SMILES string of the molecule is CC1CCN(c2nc3ccccc3cc2C#N)C1CO. The van der Waals surface area contributed by atoms with Crippen LogP contribution in [0.25, 0.3) is 10.9 Å². The molecule has 0 amide bonds. The van der Waals surface area contributed by atoms with Crippen LogP contribution in [0.5, 0.6) is 0 Å². The summed E-state index contributed by atoms with van der Waals surface area (Å²) in [6.45, 7) is 3.07.